The number of aliphatic hydroxyl groups excluding tert-OH is 1. The van der Waals surface area contributed by atoms with Crippen LogP contribution in [0, 0.1) is 0 Å². The molecule has 1 unspecified atom stereocenters. The Hall–Kier alpha value is -1.03. The molecule has 1 atom stereocenters. The van der Waals surface area contributed by atoms with Crippen molar-refractivity contribution in [1.29, 1.82) is 0 Å². The van der Waals surface area contributed by atoms with Crippen molar-refractivity contribution in [2.75, 3.05) is 13.7 Å². The zero-order chi connectivity index (χ0) is 8.27. The van der Waals surface area contributed by atoms with E-state index in [1.165, 1.54) is 13.2 Å². The molecule has 0 aromatic heterocycles. The second kappa shape index (κ2) is 3.39. The summed E-state index contributed by atoms with van der Waals surface area (Å²) >= 11 is 0. The number of rotatable bonds is 1. The largest absolute Gasteiger partial charge is 0.466 e. The van der Waals surface area contributed by atoms with Crippen molar-refractivity contribution in [2.45, 2.75) is 12.5 Å². The van der Waals surface area contributed by atoms with Crippen LogP contribution in [-0.4, -0.2) is 30.8 Å². The number of methoxy groups -OCH3 is 1. The molecule has 62 valence electrons. The molecule has 0 radical (unpaired) electrons. The van der Waals surface area contributed by atoms with Gasteiger partial charge in [0.15, 0.2) is 0 Å². The number of ether oxygens (including phenoxy) is 1. The summed E-state index contributed by atoms with van der Waals surface area (Å²) in [5, 5.41) is 12.1. The Kier molecular flexibility index (Phi) is 2.48. The molecular weight excluding hydrogens is 146 g/mol. The maximum absolute atomic E-state index is 10.7. The van der Waals surface area contributed by atoms with Crippen LogP contribution in [0.4, 0.5) is 0 Å². The summed E-state index contributed by atoms with van der Waals surface area (Å²) < 4.78 is 4.39. The molecule has 1 aliphatic rings. The molecule has 1 saturated heterocycles. The monoisotopic (exact) mass is 157 g/mol. The standard InChI is InChI=1S/C7H11NO3/c1-11-7(10)4-5-6(9)2-3-8-5/h4,6,8-9H,2-3H2,1H3/b5-4+. The van der Waals surface area contributed by atoms with Gasteiger partial charge in [0.2, 0.25) is 0 Å². The van der Waals surface area contributed by atoms with Crippen LogP contribution >= 0.6 is 0 Å². The maximum atomic E-state index is 10.7. The van der Waals surface area contributed by atoms with Crippen LogP contribution in [0.15, 0.2) is 11.8 Å². The molecule has 1 rings (SSSR count). The van der Waals surface area contributed by atoms with E-state index < -0.39 is 12.1 Å². The fraction of sp³-hybridized carbons (Fsp3) is 0.571. The van der Waals surface area contributed by atoms with Gasteiger partial charge in [-0.25, -0.2) is 4.79 Å². The molecule has 0 aromatic carbocycles. The minimum Gasteiger partial charge on any atom is -0.466 e. The first-order valence-electron chi connectivity index (χ1n) is 3.45. The van der Waals surface area contributed by atoms with Crippen molar-refractivity contribution in [3.63, 3.8) is 0 Å². The van der Waals surface area contributed by atoms with Crippen LogP contribution in [0.25, 0.3) is 0 Å². The highest BCUT2D eigenvalue weighted by Crippen LogP contribution is 2.09. The second-order valence-corrected chi connectivity index (χ2v) is 2.35. The molecule has 1 heterocycles. The van der Waals surface area contributed by atoms with E-state index in [-0.39, 0.29) is 0 Å². The number of aliphatic hydroxyl groups is 1. The Morgan fingerprint density at radius 2 is 2.64 bits per heavy atom. The third-order valence-electron chi connectivity index (χ3n) is 1.58. The predicted octanol–water partition coefficient (Wildman–Crippen LogP) is -0.603. The highest BCUT2D eigenvalue weighted by molar-refractivity contribution is 5.82. The van der Waals surface area contributed by atoms with Gasteiger partial charge in [0.1, 0.15) is 0 Å². The van der Waals surface area contributed by atoms with E-state index in [0.717, 1.165) is 0 Å². The van der Waals surface area contributed by atoms with E-state index >= 15 is 0 Å². The normalized spacial score (nSPS) is 26.7. The molecule has 2 N–H and O–H groups in total. The SMILES string of the molecule is COC(=O)/C=C1/NCCC1O. The van der Waals surface area contributed by atoms with E-state index in [1.54, 1.807) is 0 Å². The predicted molar refractivity (Wildman–Crippen MR) is 38.7 cm³/mol. The highest BCUT2D eigenvalue weighted by Gasteiger charge is 2.18. The van der Waals surface area contributed by atoms with Crippen molar-refractivity contribution in [1.82, 2.24) is 5.32 Å². The van der Waals surface area contributed by atoms with Crippen molar-refractivity contribution in [2.24, 2.45) is 0 Å². The lowest BCUT2D eigenvalue weighted by atomic mass is 10.2. The molecule has 11 heavy (non-hydrogen) atoms. The van der Waals surface area contributed by atoms with Crippen molar-refractivity contribution in [3.05, 3.63) is 11.8 Å². The van der Waals surface area contributed by atoms with Crippen molar-refractivity contribution >= 4 is 5.97 Å². The fourth-order valence-electron chi connectivity index (χ4n) is 0.960. The zero-order valence-corrected chi connectivity index (χ0v) is 6.33. The van der Waals surface area contributed by atoms with Crippen LogP contribution in [-0.2, 0) is 9.53 Å². The lowest BCUT2D eigenvalue weighted by Crippen LogP contribution is -2.12. The molecule has 0 amide bonds. The van der Waals surface area contributed by atoms with Gasteiger partial charge in [-0.3, -0.25) is 0 Å². The highest BCUT2D eigenvalue weighted by atomic mass is 16.5. The lowest BCUT2D eigenvalue weighted by Gasteiger charge is -2.01. The summed E-state index contributed by atoms with van der Waals surface area (Å²) in [4.78, 5) is 10.7. The Morgan fingerprint density at radius 1 is 1.91 bits per heavy atom. The van der Waals surface area contributed by atoms with Gasteiger partial charge in [-0.15, -0.1) is 0 Å². The van der Waals surface area contributed by atoms with E-state index in [0.29, 0.717) is 18.7 Å². The number of hydrogen-bond donors (Lipinski definition) is 2. The van der Waals surface area contributed by atoms with Crippen LogP contribution in [0.1, 0.15) is 6.42 Å². The topological polar surface area (TPSA) is 58.6 Å². The third kappa shape index (κ3) is 1.94. The fourth-order valence-corrected chi connectivity index (χ4v) is 0.960. The molecule has 4 heteroatoms. The summed E-state index contributed by atoms with van der Waals surface area (Å²) in [5.41, 5.74) is 0.553. The number of carbonyl (C=O) groups excluding carboxylic acids is 1. The number of hydrogen-bond acceptors (Lipinski definition) is 4. The molecular formula is C7H11NO3. The van der Waals surface area contributed by atoms with Crippen LogP contribution in [0.3, 0.4) is 0 Å². The summed E-state index contributed by atoms with van der Waals surface area (Å²) in [6, 6.07) is 0. The molecule has 0 aromatic rings. The average Bonchev–Trinajstić information content (AvgIpc) is 2.37. The van der Waals surface area contributed by atoms with E-state index in [9.17, 15) is 9.90 Å². The molecule has 1 fully saturated rings. The average molecular weight is 157 g/mol. The summed E-state index contributed by atoms with van der Waals surface area (Å²) in [6.45, 7) is 0.712. The minimum atomic E-state index is -0.533. The van der Waals surface area contributed by atoms with Gasteiger partial charge in [0.25, 0.3) is 0 Å². The van der Waals surface area contributed by atoms with Crippen LogP contribution in [0.5, 0.6) is 0 Å². The summed E-state index contributed by atoms with van der Waals surface area (Å²) in [5.74, 6) is -0.437. The summed E-state index contributed by atoms with van der Waals surface area (Å²) in [6.07, 6.45) is 1.40. The smallest absolute Gasteiger partial charge is 0.332 e. The minimum absolute atomic E-state index is 0.437. The van der Waals surface area contributed by atoms with Gasteiger partial charge in [-0.1, -0.05) is 0 Å². The van der Waals surface area contributed by atoms with Crippen molar-refractivity contribution in [3.8, 4) is 0 Å². The molecule has 0 bridgehead atoms. The Bertz CT molecular complexity index is 188. The zero-order valence-electron chi connectivity index (χ0n) is 6.33. The quantitative estimate of drug-likeness (QED) is 0.394. The summed E-state index contributed by atoms with van der Waals surface area (Å²) in [7, 11) is 1.31. The Morgan fingerprint density at radius 3 is 3.09 bits per heavy atom. The molecule has 4 nitrogen and oxygen atoms in total. The van der Waals surface area contributed by atoms with Gasteiger partial charge < -0.3 is 15.2 Å². The number of esters is 1. The van der Waals surface area contributed by atoms with E-state index in [2.05, 4.69) is 10.1 Å². The Labute approximate surface area is 64.9 Å². The molecule has 1 aliphatic heterocycles. The third-order valence-corrected chi connectivity index (χ3v) is 1.58. The number of carbonyl (C=O) groups is 1. The van der Waals surface area contributed by atoms with Gasteiger partial charge in [0, 0.05) is 18.3 Å². The van der Waals surface area contributed by atoms with Crippen LogP contribution in [0.2, 0.25) is 0 Å². The number of nitrogens with one attached hydrogen (secondary N) is 1. The van der Waals surface area contributed by atoms with Gasteiger partial charge in [-0.05, 0) is 6.42 Å². The van der Waals surface area contributed by atoms with Crippen LogP contribution < -0.4 is 5.32 Å². The first-order chi connectivity index (χ1) is 5.24. The van der Waals surface area contributed by atoms with Gasteiger partial charge in [0.05, 0.1) is 13.2 Å². The van der Waals surface area contributed by atoms with Gasteiger partial charge in [-0.2, -0.15) is 0 Å². The Balaban J connectivity index is 2.57. The van der Waals surface area contributed by atoms with Crippen molar-refractivity contribution < 1.29 is 14.6 Å². The van der Waals surface area contributed by atoms with E-state index in [1.807, 2.05) is 0 Å². The molecule has 0 saturated carbocycles. The lowest BCUT2D eigenvalue weighted by molar-refractivity contribution is -0.134. The first-order valence-corrected chi connectivity index (χ1v) is 3.45. The molecule has 0 aliphatic carbocycles. The second-order valence-electron chi connectivity index (χ2n) is 2.35. The maximum Gasteiger partial charge on any atom is 0.332 e. The first kappa shape index (κ1) is 8.07. The molecule has 0 spiro atoms. The van der Waals surface area contributed by atoms with Gasteiger partial charge >= 0.3 is 5.97 Å². The van der Waals surface area contributed by atoms with E-state index in [4.69, 9.17) is 0 Å².